The van der Waals surface area contributed by atoms with Gasteiger partial charge in [-0.2, -0.15) is 0 Å². The third-order valence-electron chi connectivity index (χ3n) is 4.96. The fourth-order valence-electron chi connectivity index (χ4n) is 3.43. The number of hydrogen-bond donors (Lipinski definition) is 1. The van der Waals surface area contributed by atoms with E-state index in [-0.39, 0.29) is 18.0 Å². The van der Waals surface area contributed by atoms with Crippen LogP contribution < -0.4 is 10.3 Å². The van der Waals surface area contributed by atoms with Gasteiger partial charge in [-0.15, -0.1) is 0 Å². The Balaban J connectivity index is 1.56. The number of nitrogens with zero attached hydrogens (tertiary/aromatic N) is 3. The lowest BCUT2D eigenvalue weighted by atomic mass is 10.1. The van der Waals surface area contributed by atoms with Gasteiger partial charge in [-0.3, -0.25) is 14.6 Å². The number of H-pyrrole nitrogens is 1. The van der Waals surface area contributed by atoms with Crippen molar-refractivity contribution in [2.75, 3.05) is 6.54 Å². The normalized spacial score (nSPS) is 14.2. The van der Waals surface area contributed by atoms with Crippen LogP contribution in [0.1, 0.15) is 24.6 Å². The van der Waals surface area contributed by atoms with Gasteiger partial charge in [-0.25, -0.2) is 4.98 Å². The van der Waals surface area contributed by atoms with Crippen LogP contribution in [0.5, 0.6) is 5.75 Å². The predicted octanol–water partition coefficient (Wildman–Crippen LogP) is 2.57. The van der Waals surface area contributed by atoms with Crippen LogP contribution in [-0.4, -0.2) is 38.4 Å². The molecule has 0 unspecified atom stereocenters. The number of nitrogens with one attached hydrogen (secondary N) is 1. The highest BCUT2D eigenvalue weighted by Gasteiger charge is 2.29. The Morgan fingerprint density at radius 1 is 1.21 bits per heavy atom. The molecule has 0 saturated carbocycles. The molecule has 1 amide bonds. The van der Waals surface area contributed by atoms with Gasteiger partial charge >= 0.3 is 0 Å². The number of benzene rings is 1. The van der Waals surface area contributed by atoms with E-state index in [1.807, 2.05) is 43.3 Å². The Labute approximate surface area is 168 Å². The number of carbonyl (C=O) groups excluding carboxylic acids is 1. The number of pyridine rings is 1. The van der Waals surface area contributed by atoms with Crippen molar-refractivity contribution in [2.24, 2.45) is 0 Å². The molecule has 0 spiro atoms. The molecule has 3 aromatic rings. The van der Waals surface area contributed by atoms with Gasteiger partial charge in [-0.05, 0) is 37.1 Å². The molecule has 0 radical (unpaired) electrons. The van der Waals surface area contributed by atoms with E-state index in [2.05, 4.69) is 15.0 Å². The average Bonchev–Trinajstić information content (AvgIpc) is 2.78. The summed E-state index contributed by atoms with van der Waals surface area (Å²) in [7, 11) is 0. The predicted molar refractivity (Wildman–Crippen MR) is 108 cm³/mol. The number of rotatable bonds is 5. The summed E-state index contributed by atoms with van der Waals surface area (Å²) in [6.07, 6.45) is 2.10. The van der Waals surface area contributed by atoms with E-state index in [0.29, 0.717) is 47.9 Å². The first kappa shape index (κ1) is 18.9. The fourth-order valence-corrected chi connectivity index (χ4v) is 3.43. The molecule has 29 heavy (non-hydrogen) atoms. The van der Waals surface area contributed by atoms with E-state index >= 15 is 0 Å². The standard InChI is InChI=1S/C22H22N4O3/c1-2-19(29-15-8-4-3-5-9-15)22(28)26-13-11-16-18(14-26)24-20(25-21(16)27)17-10-6-7-12-23-17/h3-10,12,19H,2,11,13-14H2,1H3,(H,24,25,27)/t19-/m0/s1. The number of ether oxygens (including phenoxy) is 1. The Kier molecular flexibility index (Phi) is 5.37. The van der Waals surface area contributed by atoms with Crippen molar-refractivity contribution in [1.82, 2.24) is 19.9 Å². The summed E-state index contributed by atoms with van der Waals surface area (Å²) < 4.78 is 5.89. The Bertz CT molecular complexity index is 1050. The second-order valence-corrected chi connectivity index (χ2v) is 6.89. The first-order valence-corrected chi connectivity index (χ1v) is 9.69. The zero-order valence-electron chi connectivity index (χ0n) is 16.2. The lowest BCUT2D eigenvalue weighted by molar-refractivity contribution is -0.139. The number of carbonyl (C=O) groups is 1. The summed E-state index contributed by atoms with van der Waals surface area (Å²) in [5.74, 6) is 0.983. The van der Waals surface area contributed by atoms with Crippen molar-refractivity contribution < 1.29 is 9.53 Å². The van der Waals surface area contributed by atoms with Gasteiger partial charge in [0, 0.05) is 18.3 Å². The molecular formula is C22H22N4O3. The van der Waals surface area contributed by atoms with E-state index in [1.165, 1.54) is 0 Å². The van der Waals surface area contributed by atoms with Crippen molar-refractivity contribution in [1.29, 1.82) is 0 Å². The van der Waals surface area contributed by atoms with Crippen LogP contribution in [0.3, 0.4) is 0 Å². The number of amides is 1. The van der Waals surface area contributed by atoms with Crippen LogP contribution in [-0.2, 0) is 17.8 Å². The van der Waals surface area contributed by atoms with Crippen LogP contribution in [0.4, 0.5) is 0 Å². The Morgan fingerprint density at radius 2 is 2.00 bits per heavy atom. The van der Waals surface area contributed by atoms with Gasteiger partial charge in [0.05, 0.1) is 12.2 Å². The highest BCUT2D eigenvalue weighted by Crippen LogP contribution is 2.20. The number of fused-ring (bicyclic) bond motifs is 1. The molecule has 7 nitrogen and oxygen atoms in total. The van der Waals surface area contributed by atoms with Crippen molar-refractivity contribution in [3.05, 3.63) is 76.3 Å². The first-order valence-electron chi connectivity index (χ1n) is 9.69. The van der Waals surface area contributed by atoms with Gasteiger partial charge < -0.3 is 14.6 Å². The maximum absolute atomic E-state index is 13.1. The van der Waals surface area contributed by atoms with Crippen LogP contribution in [0.2, 0.25) is 0 Å². The van der Waals surface area contributed by atoms with Gasteiger partial charge in [0.1, 0.15) is 11.4 Å². The van der Waals surface area contributed by atoms with Crippen LogP contribution in [0.15, 0.2) is 59.5 Å². The van der Waals surface area contributed by atoms with Gasteiger partial charge in [0.15, 0.2) is 11.9 Å². The minimum absolute atomic E-state index is 0.0940. The number of aromatic amines is 1. The van der Waals surface area contributed by atoms with E-state index in [4.69, 9.17) is 4.74 Å². The maximum Gasteiger partial charge on any atom is 0.263 e. The monoisotopic (exact) mass is 390 g/mol. The van der Waals surface area contributed by atoms with Crippen LogP contribution in [0.25, 0.3) is 11.5 Å². The Morgan fingerprint density at radius 3 is 2.72 bits per heavy atom. The molecule has 2 aromatic heterocycles. The largest absolute Gasteiger partial charge is 0.481 e. The van der Waals surface area contributed by atoms with E-state index in [0.717, 1.165) is 0 Å². The van der Waals surface area contributed by atoms with E-state index in [9.17, 15) is 9.59 Å². The SMILES string of the molecule is CC[C@H](Oc1ccccc1)C(=O)N1CCc2c(nc(-c3ccccn3)[nH]c2=O)C1. The van der Waals surface area contributed by atoms with Gasteiger partial charge in [0.25, 0.3) is 11.5 Å². The highest BCUT2D eigenvalue weighted by atomic mass is 16.5. The quantitative estimate of drug-likeness (QED) is 0.723. The van der Waals surface area contributed by atoms with E-state index < -0.39 is 6.10 Å². The van der Waals surface area contributed by atoms with E-state index in [1.54, 1.807) is 23.2 Å². The summed E-state index contributed by atoms with van der Waals surface area (Å²) in [5, 5.41) is 0. The van der Waals surface area contributed by atoms with Gasteiger partial charge in [0.2, 0.25) is 0 Å². The average molecular weight is 390 g/mol. The molecule has 1 N–H and O–H groups in total. The first-order chi connectivity index (χ1) is 14.2. The van der Waals surface area contributed by atoms with Crippen LogP contribution in [0, 0.1) is 0 Å². The molecule has 0 bridgehead atoms. The number of hydrogen-bond acceptors (Lipinski definition) is 5. The summed E-state index contributed by atoms with van der Waals surface area (Å²) in [4.78, 5) is 38.9. The molecule has 148 valence electrons. The highest BCUT2D eigenvalue weighted by molar-refractivity contribution is 5.81. The van der Waals surface area contributed by atoms with Gasteiger partial charge in [-0.1, -0.05) is 31.2 Å². The van der Waals surface area contributed by atoms with Crippen molar-refractivity contribution in [3.63, 3.8) is 0 Å². The topological polar surface area (TPSA) is 88.2 Å². The summed E-state index contributed by atoms with van der Waals surface area (Å²) in [6.45, 7) is 2.67. The molecule has 1 aromatic carbocycles. The third kappa shape index (κ3) is 4.03. The van der Waals surface area contributed by atoms with Crippen LogP contribution >= 0.6 is 0 Å². The number of para-hydroxylation sites is 1. The minimum Gasteiger partial charge on any atom is -0.481 e. The molecule has 0 aliphatic carbocycles. The lowest BCUT2D eigenvalue weighted by Crippen LogP contribution is -2.45. The molecule has 3 heterocycles. The molecule has 1 atom stereocenters. The molecule has 0 saturated heterocycles. The summed E-state index contributed by atoms with van der Waals surface area (Å²) in [5.41, 5.74) is 1.67. The van der Waals surface area contributed by atoms with Crippen molar-refractivity contribution in [3.8, 4) is 17.3 Å². The number of aromatic nitrogens is 3. The second kappa shape index (κ2) is 8.26. The molecular weight excluding hydrogens is 368 g/mol. The summed E-state index contributed by atoms with van der Waals surface area (Å²) in [6, 6.07) is 14.8. The Hall–Kier alpha value is -3.48. The minimum atomic E-state index is -0.573. The molecule has 7 heteroatoms. The zero-order chi connectivity index (χ0) is 20.2. The smallest absolute Gasteiger partial charge is 0.263 e. The molecule has 1 aliphatic rings. The molecule has 4 rings (SSSR count). The third-order valence-corrected chi connectivity index (χ3v) is 4.96. The maximum atomic E-state index is 13.1. The zero-order valence-corrected chi connectivity index (χ0v) is 16.2. The molecule has 0 fully saturated rings. The second-order valence-electron chi connectivity index (χ2n) is 6.89. The fraction of sp³-hybridized carbons (Fsp3) is 0.273. The molecule has 1 aliphatic heterocycles. The summed E-state index contributed by atoms with van der Waals surface area (Å²) >= 11 is 0. The lowest BCUT2D eigenvalue weighted by Gasteiger charge is -2.30. The van der Waals surface area contributed by atoms with Crippen molar-refractivity contribution in [2.45, 2.75) is 32.4 Å². The van der Waals surface area contributed by atoms with Crippen molar-refractivity contribution >= 4 is 5.91 Å².